The number of halogens is 1. The fraction of sp³-hybridized carbons (Fsp3) is 0.750. The number of rotatable bonds is 7. The molecule has 0 spiro atoms. The van der Waals surface area contributed by atoms with Crippen LogP contribution in [0.15, 0.2) is 24.3 Å². The lowest BCUT2D eigenvalue weighted by atomic mass is 9.70. The van der Waals surface area contributed by atoms with E-state index in [9.17, 15) is 5.11 Å². The molecule has 5 heteroatoms. The molecule has 4 rings (SSSR count). The smallest absolute Gasteiger partial charge is 0.0689 e. The zero-order valence-corrected chi connectivity index (χ0v) is 19.0. The molecule has 29 heavy (non-hydrogen) atoms. The first kappa shape index (κ1) is 21.4. The van der Waals surface area contributed by atoms with E-state index in [-0.39, 0.29) is 6.10 Å². The zero-order chi connectivity index (χ0) is 20.6. The van der Waals surface area contributed by atoms with Crippen molar-refractivity contribution < 1.29 is 9.84 Å². The molecule has 1 heterocycles. The summed E-state index contributed by atoms with van der Waals surface area (Å²) >= 11 is 6.12. The summed E-state index contributed by atoms with van der Waals surface area (Å²) in [7, 11) is 0. The summed E-state index contributed by atoms with van der Waals surface area (Å²) in [5.41, 5.74) is 1.88. The van der Waals surface area contributed by atoms with Crippen LogP contribution in [0.2, 0.25) is 5.02 Å². The highest BCUT2D eigenvalue weighted by Crippen LogP contribution is 2.66. The number of β-amino-alcohol motifs (C(OH)–C–C–N with tert-alkyl or cyclic N) is 1. The lowest BCUT2D eigenvalue weighted by Crippen LogP contribution is -2.48. The molecule has 2 bridgehead atoms. The standard InChI is InChI=1S/C24H37ClN2O2/c1-23(2)18-7-9-24(23,3)22(15-18)29-14-8-21(28)17-26-10-12-27(13-11-26)20-6-4-5-19(25)16-20/h4-6,16,18,21-22,28H,7-15,17H2,1-3H3/t18-,21-,22-,24-/m0/s1. The van der Waals surface area contributed by atoms with Crippen molar-refractivity contribution in [3.63, 3.8) is 0 Å². The Morgan fingerprint density at radius 1 is 1.21 bits per heavy atom. The second-order valence-electron chi connectivity index (χ2n) is 10.2. The molecule has 162 valence electrons. The molecule has 4 atom stereocenters. The van der Waals surface area contributed by atoms with Crippen LogP contribution in [0.3, 0.4) is 0 Å². The van der Waals surface area contributed by atoms with E-state index < -0.39 is 0 Å². The molecule has 1 aliphatic heterocycles. The van der Waals surface area contributed by atoms with Crippen LogP contribution in [0, 0.1) is 16.7 Å². The van der Waals surface area contributed by atoms with E-state index in [1.807, 2.05) is 18.2 Å². The van der Waals surface area contributed by atoms with Gasteiger partial charge < -0.3 is 14.7 Å². The van der Waals surface area contributed by atoms with Crippen LogP contribution in [0.5, 0.6) is 0 Å². The Morgan fingerprint density at radius 2 is 1.97 bits per heavy atom. The van der Waals surface area contributed by atoms with E-state index >= 15 is 0 Å². The zero-order valence-electron chi connectivity index (χ0n) is 18.2. The van der Waals surface area contributed by atoms with Gasteiger partial charge in [0.1, 0.15) is 0 Å². The molecule has 1 aromatic carbocycles. The van der Waals surface area contributed by atoms with Gasteiger partial charge in [-0.25, -0.2) is 0 Å². The fourth-order valence-electron chi connectivity index (χ4n) is 5.98. The van der Waals surface area contributed by atoms with Crippen LogP contribution in [0.25, 0.3) is 0 Å². The number of piperazine rings is 1. The van der Waals surface area contributed by atoms with Gasteiger partial charge in [0.05, 0.1) is 12.2 Å². The summed E-state index contributed by atoms with van der Waals surface area (Å²) in [5, 5.41) is 11.3. The van der Waals surface area contributed by atoms with E-state index in [0.717, 1.165) is 50.1 Å². The molecule has 1 aromatic rings. The van der Waals surface area contributed by atoms with Crippen molar-refractivity contribution in [1.82, 2.24) is 4.90 Å². The van der Waals surface area contributed by atoms with Crippen LogP contribution in [0.1, 0.15) is 46.5 Å². The third kappa shape index (κ3) is 4.19. The van der Waals surface area contributed by atoms with Gasteiger partial charge in [0, 0.05) is 50.0 Å². The van der Waals surface area contributed by atoms with Gasteiger partial charge in [-0.15, -0.1) is 0 Å². The predicted octanol–water partition coefficient (Wildman–Crippen LogP) is 4.44. The number of aliphatic hydroxyl groups excluding tert-OH is 1. The first-order chi connectivity index (χ1) is 13.8. The normalized spacial score (nSPS) is 32.7. The number of ether oxygens (including phenoxy) is 1. The summed E-state index contributed by atoms with van der Waals surface area (Å²) in [5.74, 6) is 0.804. The molecular weight excluding hydrogens is 384 g/mol. The quantitative estimate of drug-likeness (QED) is 0.707. The number of benzene rings is 1. The topological polar surface area (TPSA) is 35.9 Å². The summed E-state index contributed by atoms with van der Waals surface area (Å²) in [6.45, 7) is 12.6. The Hall–Kier alpha value is -0.810. The maximum atomic E-state index is 10.5. The predicted molar refractivity (Wildman–Crippen MR) is 120 cm³/mol. The molecule has 3 aliphatic rings. The van der Waals surface area contributed by atoms with Crippen molar-refractivity contribution in [2.45, 2.75) is 58.7 Å². The average Bonchev–Trinajstić information content (AvgIpc) is 3.02. The van der Waals surface area contributed by atoms with Gasteiger partial charge in [-0.1, -0.05) is 38.4 Å². The largest absolute Gasteiger partial charge is 0.392 e. The van der Waals surface area contributed by atoms with Gasteiger partial charge in [-0.2, -0.15) is 0 Å². The van der Waals surface area contributed by atoms with Gasteiger partial charge in [0.15, 0.2) is 0 Å². The highest BCUT2D eigenvalue weighted by Gasteiger charge is 2.61. The second-order valence-corrected chi connectivity index (χ2v) is 10.6. The maximum Gasteiger partial charge on any atom is 0.0689 e. The summed E-state index contributed by atoms with van der Waals surface area (Å²) in [6.07, 6.45) is 4.62. The summed E-state index contributed by atoms with van der Waals surface area (Å²) < 4.78 is 6.32. The highest BCUT2D eigenvalue weighted by atomic mass is 35.5. The number of hydrogen-bond donors (Lipinski definition) is 1. The van der Waals surface area contributed by atoms with Crippen LogP contribution in [-0.2, 0) is 4.74 Å². The fourth-order valence-corrected chi connectivity index (χ4v) is 6.16. The third-order valence-corrected chi connectivity index (χ3v) is 8.73. The average molecular weight is 421 g/mol. The summed E-state index contributed by atoms with van der Waals surface area (Å²) in [4.78, 5) is 4.74. The van der Waals surface area contributed by atoms with Crippen LogP contribution < -0.4 is 4.90 Å². The van der Waals surface area contributed by atoms with E-state index in [1.165, 1.54) is 24.9 Å². The van der Waals surface area contributed by atoms with Crippen molar-refractivity contribution >= 4 is 17.3 Å². The Morgan fingerprint density at radius 3 is 2.59 bits per heavy atom. The lowest BCUT2D eigenvalue weighted by Gasteiger charge is -2.39. The van der Waals surface area contributed by atoms with Crippen LogP contribution >= 0.6 is 11.6 Å². The van der Waals surface area contributed by atoms with Gasteiger partial charge in [-0.3, -0.25) is 4.90 Å². The molecular formula is C24H37ClN2O2. The first-order valence-electron chi connectivity index (χ1n) is 11.3. The molecule has 4 nitrogen and oxygen atoms in total. The lowest BCUT2D eigenvalue weighted by molar-refractivity contribution is -0.0564. The van der Waals surface area contributed by atoms with E-state index in [0.29, 0.717) is 23.5 Å². The Labute approximate surface area is 181 Å². The Balaban J connectivity index is 1.17. The minimum atomic E-state index is -0.313. The Kier molecular flexibility index (Phi) is 6.19. The minimum absolute atomic E-state index is 0.305. The monoisotopic (exact) mass is 420 g/mol. The Bertz CT molecular complexity index is 704. The van der Waals surface area contributed by atoms with Crippen molar-refractivity contribution in [2.24, 2.45) is 16.7 Å². The second kappa shape index (κ2) is 8.37. The molecule has 1 saturated heterocycles. The molecule has 2 saturated carbocycles. The number of fused-ring (bicyclic) bond motifs is 2. The number of aliphatic hydroxyl groups is 1. The molecule has 1 N–H and O–H groups in total. The van der Waals surface area contributed by atoms with Crippen LogP contribution in [0.4, 0.5) is 5.69 Å². The van der Waals surface area contributed by atoms with Crippen molar-refractivity contribution in [3.05, 3.63) is 29.3 Å². The SMILES string of the molecule is CC1(C)[C@H]2CC[C@@]1(C)[C@@H](OCC[C@H](O)CN1CCN(c3cccc(Cl)c3)CC1)C2. The molecule has 0 aromatic heterocycles. The number of anilines is 1. The third-order valence-electron chi connectivity index (χ3n) is 8.50. The van der Waals surface area contributed by atoms with Crippen molar-refractivity contribution in [1.29, 1.82) is 0 Å². The molecule has 2 aliphatic carbocycles. The van der Waals surface area contributed by atoms with Gasteiger partial charge >= 0.3 is 0 Å². The molecule has 3 fully saturated rings. The molecule has 0 amide bonds. The maximum absolute atomic E-state index is 10.5. The molecule has 0 radical (unpaired) electrons. The van der Waals surface area contributed by atoms with Gasteiger partial charge in [-0.05, 0) is 60.6 Å². The highest BCUT2D eigenvalue weighted by molar-refractivity contribution is 6.30. The van der Waals surface area contributed by atoms with Crippen LogP contribution in [-0.4, -0.2) is 61.5 Å². The van der Waals surface area contributed by atoms with E-state index in [1.54, 1.807) is 0 Å². The van der Waals surface area contributed by atoms with E-state index in [4.69, 9.17) is 16.3 Å². The molecule has 0 unspecified atom stereocenters. The number of nitrogens with zero attached hydrogens (tertiary/aromatic N) is 2. The minimum Gasteiger partial charge on any atom is -0.392 e. The summed E-state index contributed by atoms with van der Waals surface area (Å²) in [6, 6.07) is 8.06. The van der Waals surface area contributed by atoms with Crippen molar-refractivity contribution in [2.75, 3.05) is 44.2 Å². The van der Waals surface area contributed by atoms with Gasteiger partial charge in [0.2, 0.25) is 0 Å². The number of hydrogen-bond acceptors (Lipinski definition) is 4. The van der Waals surface area contributed by atoms with E-state index in [2.05, 4.69) is 36.6 Å². The van der Waals surface area contributed by atoms with Gasteiger partial charge in [0.25, 0.3) is 0 Å². The van der Waals surface area contributed by atoms with Crippen molar-refractivity contribution in [3.8, 4) is 0 Å². The first-order valence-corrected chi connectivity index (χ1v) is 11.7.